The average Bonchev–Trinajstić information content (AvgIpc) is 3.14. The van der Waals surface area contributed by atoms with Crippen molar-refractivity contribution in [3.63, 3.8) is 0 Å². The molecule has 0 saturated carbocycles. The van der Waals surface area contributed by atoms with Crippen molar-refractivity contribution in [1.82, 2.24) is 0 Å². The highest BCUT2D eigenvalue weighted by atomic mass is 35.5. The molecule has 4 rings (SSSR count). The molecule has 158 valence electrons. The molecule has 0 aromatic heterocycles. The number of amides is 1. The normalized spacial score (nSPS) is 23.6. The first-order valence-corrected chi connectivity index (χ1v) is 12.2. The molecule has 30 heavy (non-hydrogen) atoms. The number of thioether (sulfide) groups is 1. The zero-order valence-corrected chi connectivity index (χ0v) is 18.3. The summed E-state index contributed by atoms with van der Waals surface area (Å²) < 4.78 is 43.8. The lowest BCUT2D eigenvalue weighted by Gasteiger charge is -2.24. The number of benzene rings is 2. The van der Waals surface area contributed by atoms with Crippen LogP contribution in [-0.2, 0) is 14.6 Å². The smallest absolute Gasteiger partial charge is 0.285 e. The Morgan fingerprint density at radius 3 is 2.70 bits per heavy atom. The highest BCUT2D eigenvalue weighted by Crippen LogP contribution is 2.41. The quantitative estimate of drug-likeness (QED) is 0.684. The molecule has 0 unspecified atom stereocenters. The van der Waals surface area contributed by atoms with E-state index in [9.17, 15) is 17.6 Å². The van der Waals surface area contributed by atoms with Crippen LogP contribution < -0.4 is 9.64 Å². The predicted molar refractivity (Wildman–Crippen MR) is 117 cm³/mol. The molecular formula is C20H18ClFN2O4S2. The van der Waals surface area contributed by atoms with Crippen LogP contribution in [0.15, 0.2) is 47.5 Å². The van der Waals surface area contributed by atoms with Gasteiger partial charge in [0.25, 0.3) is 5.91 Å². The average molecular weight is 469 g/mol. The van der Waals surface area contributed by atoms with Gasteiger partial charge in [-0.2, -0.15) is 4.99 Å². The Kier molecular flexibility index (Phi) is 5.78. The minimum absolute atomic E-state index is 0.00165. The molecule has 2 aliphatic heterocycles. The Balaban J connectivity index is 1.57. The van der Waals surface area contributed by atoms with Gasteiger partial charge in [-0.15, -0.1) is 0 Å². The maximum Gasteiger partial charge on any atom is 0.285 e. The minimum Gasteiger partial charge on any atom is -0.484 e. The van der Waals surface area contributed by atoms with E-state index in [0.29, 0.717) is 27.2 Å². The standard InChI is InChI=1S/C20H18ClFN2O4S2/c1-12-2-5-14(8-16(12)22)24-17-10-30(26,27)11-18(17)29-20(24)23-19(25)9-28-15-6-3-13(21)4-7-15/h2-8,17-18H,9-11H2,1H3/t17-,18-/m0/s1. The molecule has 0 radical (unpaired) electrons. The summed E-state index contributed by atoms with van der Waals surface area (Å²) in [6.07, 6.45) is 0. The third kappa shape index (κ3) is 4.48. The van der Waals surface area contributed by atoms with Crippen LogP contribution in [0.4, 0.5) is 10.1 Å². The van der Waals surface area contributed by atoms with E-state index in [0.717, 1.165) is 0 Å². The molecule has 6 nitrogen and oxygen atoms in total. The van der Waals surface area contributed by atoms with Gasteiger partial charge in [0.1, 0.15) is 11.6 Å². The van der Waals surface area contributed by atoms with Gasteiger partial charge in [-0.3, -0.25) is 4.79 Å². The molecule has 2 heterocycles. The topological polar surface area (TPSA) is 76.0 Å². The van der Waals surface area contributed by atoms with Gasteiger partial charge in [0.15, 0.2) is 21.6 Å². The zero-order chi connectivity index (χ0) is 21.5. The lowest BCUT2D eigenvalue weighted by Crippen LogP contribution is -2.38. The number of hydrogen-bond acceptors (Lipinski definition) is 5. The van der Waals surface area contributed by atoms with Crippen molar-refractivity contribution in [3.8, 4) is 5.75 Å². The summed E-state index contributed by atoms with van der Waals surface area (Å²) in [6.45, 7) is 1.36. The molecule has 2 fully saturated rings. The van der Waals surface area contributed by atoms with E-state index in [1.165, 1.54) is 17.8 Å². The van der Waals surface area contributed by atoms with E-state index >= 15 is 0 Å². The molecule has 0 N–H and O–H groups in total. The van der Waals surface area contributed by atoms with Crippen molar-refractivity contribution in [1.29, 1.82) is 0 Å². The fourth-order valence-electron chi connectivity index (χ4n) is 3.41. The minimum atomic E-state index is -3.20. The summed E-state index contributed by atoms with van der Waals surface area (Å²) >= 11 is 7.06. The van der Waals surface area contributed by atoms with Crippen molar-refractivity contribution in [2.24, 2.45) is 4.99 Å². The highest BCUT2D eigenvalue weighted by molar-refractivity contribution is 8.16. The number of aryl methyl sites for hydroxylation is 1. The molecule has 2 aromatic rings. The van der Waals surface area contributed by atoms with Gasteiger partial charge in [0, 0.05) is 16.0 Å². The Hall–Kier alpha value is -2.10. The zero-order valence-electron chi connectivity index (χ0n) is 15.9. The first kappa shape index (κ1) is 21.1. The molecular weight excluding hydrogens is 451 g/mol. The Labute approximate surface area is 183 Å². The van der Waals surface area contributed by atoms with Crippen LogP contribution in [0.2, 0.25) is 5.02 Å². The summed E-state index contributed by atoms with van der Waals surface area (Å²) in [6, 6.07) is 10.8. The largest absolute Gasteiger partial charge is 0.484 e. The van der Waals surface area contributed by atoms with E-state index in [1.54, 1.807) is 48.2 Å². The van der Waals surface area contributed by atoms with Gasteiger partial charge in [-0.05, 0) is 48.9 Å². The summed E-state index contributed by atoms with van der Waals surface area (Å²) in [5.74, 6) is -0.505. The molecule has 0 bridgehead atoms. The van der Waals surface area contributed by atoms with Crippen molar-refractivity contribution in [2.45, 2.75) is 18.2 Å². The predicted octanol–water partition coefficient (Wildman–Crippen LogP) is 3.47. The third-order valence-corrected chi connectivity index (χ3v) is 8.36. The molecule has 0 spiro atoms. The monoisotopic (exact) mass is 468 g/mol. The molecule has 10 heteroatoms. The third-order valence-electron chi connectivity index (χ3n) is 4.90. The van der Waals surface area contributed by atoms with Crippen LogP contribution in [0.5, 0.6) is 5.75 Å². The lowest BCUT2D eigenvalue weighted by atomic mass is 10.1. The molecule has 2 atom stereocenters. The fraction of sp³-hybridized carbons (Fsp3) is 0.300. The van der Waals surface area contributed by atoms with Gasteiger partial charge in [-0.1, -0.05) is 29.4 Å². The number of ether oxygens (including phenoxy) is 1. The van der Waals surface area contributed by atoms with Crippen LogP contribution in [0, 0.1) is 12.7 Å². The Bertz CT molecular complexity index is 1120. The van der Waals surface area contributed by atoms with Crippen LogP contribution >= 0.6 is 23.4 Å². The van der Waals surface area contributed by atoms with Crippen LogP contribution in [0.3, 0.4) is 0 Å². The van der Waals surface area contributed by atoms with Gasteiger partial charge in [0.05, 0.1) is 17.5 Å². The van der Waals surface area contributed by atoms with Gasteiger partial charge in [-0.25, -0.2) is 12.8 Å². The number of anilines is 1. The van der Waals surface area contributed by atoms with E-state index in [-0.39, 0.29) is 23.4 Å². The number of hydrogen-bond donors (Lipinski definition) is 0. The maximum absolute atomic E-state index is 14.2. The number of amidine groups is 1. The molecule has 0 aliphatic carbocycles. The van der Waals surface area contributed by atoms with Crippen molar-refractivity contribution in [3.05, 3.63) is 58.9 Å². The summed E-state index contributed by atoms with van der Waals surface area (Å²) in [4.78, 5) is 18.2. The van der Waals surface area contributed by atoms with Crippen LogP contribution in [-0.4, -0.2) is 48.9 Å². The summed E-state index contributed by atoms with van der Waals surface area (Å²) in [7, 11) is -3.20. The number of fused-ring (bicyclic) bond motifs is 1. The summed E-state index contributed by atoms with van der Waals surface area (Å²) in [5, 5.41) is 0.648. The van der Waals surface area contributed by atoms with Crippen LogP contribution in [0.1, 0.15) is 5.56 Å². The van der Waals surface area contributed by atoms with E-state index < -0.39 is 27.6 Å². The molecule has 2 saturated heterocycles. The fourth-order valence-corrected chi connectivity index (χ4v) is 7.47. The van der Waals surface area contributed by atoms with Crippen molar-refractivity contribution >= 4 is 50.0 Å². The van der Waals surface area contributed by atoms with Crippen molar-refractivity contribution < 1.29 is 22.3 Å². The van der Waals surface area contributed by atoms with Gasteiger partial charge < -0.3 is 9.64 Å². The molecule has 2 aromatic carbocycles. The second-order valence-corrected chi connectivity index (χ2v) is 10.9. The maximum atomic E-state index is 14.2. The van der Waals surface area contributed by atoms with E-state index in [4.69, 9.17) is 16.3 Å². The first-order chi connectivity index (χ1) is 14.2. The summed E-state index contributed by atoms with van der Waals surface area (Å²) in [5.41, 5.74) is 0.951. The Morgan fingerprint density at radius 1 is 1.27 bits per heavy atom. The van der Waals surface area contributed by atoms with Gasteiger partial charge in [0.2, 0.25) is 0 Å². The number of aliphatic imine (C=N–C) groups is 1. The molecule has 1 amide bonds. The van der Waals surface area contributed by atoms with Crippen molar-refractivity contribution in [2.75, 3.05) is 23.0 Å². The van der Waals surface area contributed by atoms with E-state index in [1.807, 2.05) is 0 Å². The number of halogens is 2. The lowest BCUT2D eigenvalue weighted by molar-refractivity contribution is -0.119. The van der Waals surface area contributed by atoms with Crippen LogP contribution in [0.25, 0.3) is 0 Å². The second-order valence-electron chi connectivity index (χ2n) is 7.13. The first-order valence-electron chi connectivity index (χ1n) is 9.14. The van der Waals surface area contributed by atoms with E-state index in [2.05, 4.69) is 4.99 Å². The second kappa shape index (κ2) is 8.20. The SMILES string of the molecule is Cc1ccc(N2C(=NC(=O)COc3ccc(Cl)cc3)S[C@H]3CS(=O)(=O)C[C@@H]32)cc1F. The highest BCUT2D eigenvalue weighted by Gasteiger charge is 2.49. The number of carbonyl (C=O) groups excluding carboxylic acids is 1. The van der Waals surface area contributed by atoms with Gasteiger partial charge >= 0.3 is 0 Å². The number of carbonyl (C=O) groups is 1. The molecule has 2 aliphatic rings. The Morgan fingerprint density at radius 2 is 2.00 bits per heavy atom. The number of nitrogens with zero attached hydrogens (tertiary/aromatic N) is 2. The number of sulfone groups is 1. The number of rotatable bonds is 4.